The van der Waals surface area contributed by atoms with E-state index in [4.69, 9.17) is 34.3 Å². The van der Waals surface area contributed by atoms with Crippen molar-refractivity contribution >= 4 is 63.2 Å². The van der Waals surface area contributed by atoms with Crippen LogP contribution in [0.5, 0.6) is 5.75 Å². The summed E-state index contributed by atoms with van der Waals surface area (Å²) in [5.41, 5.74) is 6.28. The van der Waals surface area contributed by atoms with Crippen molar-refractivity contribution in [1.82, 2.24) is 4.98 Å². The van der Waals surface area contributed by atoms with Crippen LogP contribution in [0.15, 0.2) is 36.4 Å². The molecule has 0 fully saturated rings. The average Bonchev–Trinajstić information content (AvgIpc) is 3.09. The van der Waals surface area contributed by atoms with Gasteiger partial charge in [0, 0.05) is 28.1 Å². The molecule has 12 heteroatoms. The first-order valence-electron chi connectivity index (χ1n) is 10.3. The van der Waals surface area contributed by atoms with Crippen molar-refractivity contribution in [3.8, 4) is 16.2 Å². The van der Waals surface area contributed by atoms with Crippen molar-refractivity contribution in [2.75, 3.05) is 10.6 Å². The SMILES string of the molecule is Cc1nc(NC(=N)N)sc1-c1cccc(NC(=O)CC(C)(CC(=O)O)c2cc(Cl)cc(Cl)c2O)c1. The van der Waals surface area contributed by atoms with Crippen LogP contribution in [-0.2, 0) is 15.0 Å². The van der Waals surface area contributed by atoms with Gasteiger partial charge in [-0.05, 0) is 36.8 Å². The summed E-state index contributed by atoms with van der Waals surface area (Å²) in [6.07, 6.45) is -0.684. The zero-order chi connectivity index (χ0) is 25.9. The standard InChI is InChI=1S/C23H23Cl2N5O4S/c1-11-20(35-22(28-11)30-21(26)27)12-4-3-5-14(6-12)29-17(31)9-23(2,10-18(32)33)15-7-13(24)8-16(25)19(15)34/h3-8,34H,9-10H2,1-2H3,(H,29,31)(H,32,33)(H4,26,27,28,30). The maximum Gasteiger partial charge on any atom is 0.304 e. The Morgan fingerprint density at radius 3 is 2.57 bits per heavy atom. The molecule has 3 aromatic rings. The van der Waals surface area contributed by atoms with Crippen LogP contribution in [0.25, 0.3) is 10.4 Å². The molecule has 35 heavy (non-hydrogen) atoms. The number of carbonyl (C=O) groups is 2. The molecule has 1 amide bonds. The normalized spacial score (nSPS) is 12.6. The molecular weight excluding hydrogens is 513 g/mol. The molecule has 1 aromatic heterocycles. The summed E-state index contributed by atoms with van der Waals surface area (Å²) in [5, 5.41) is 33.4. The molecule has 0 saturated carbocycles. The van der Waals surface area contributed by atoms with E-state index in [9.17, 15) is 19.8 Å². The molecule has 0 bridgehead atoms. The van der Waals surface area contributed by atoms with E-state index in [0.717, 1.165) is 16.1 Å². The predicted molar refractivity (Wildman–Crippen MR) is 139 cm³/mol. The summed E-state index contributed by atoms with van der Waals surface area (Å²) in [7, 11) is 0. The maximum absolute atomic E-state index is 13.0. The van der Waals surface area contributed by atoms with E-state index < -0.39 is 23.7 Å². The smallest absolute Gasteiger partial charge is 0.304 e. The zero-order valence-electron chi connectivity index (χ0n) is 18.8. The second-order valence-electron chi connectivity index (χ2n) is 8.19. The van der Waals surface area contributed by atoms with Gasteiger partial charge in [-0.15, -0.1) is 0 Å². The van der Waals surface area contributed by atoms with Gasteiger partial charge in [0.25, 0.3) is 0 Å². The number of aromatic nitrogens is 1. The van der Waals surface area contributed by atoms with Crippen molar-refractivity contribution in [2.45, 2.75) is 32.1 Å². The Balaban J connectivity index is 1.86. The lowest BCUT2D eigenvalue weighted by molar-refractivity contribution is -0.138. The number of carboxylic acid groups (broad SMARTS) is 1. The van der Waals surface area contributed by atoms with E-state index in [1.54, 1.807) is 25.1 Å². The first kappa shape index (κ1) is 26.3. The number of hydrogen-bond acceptors (Lipinski definition) is 6. The minimum absolute atomic E-state index is 0.0317. The first-order chi connectivity index (χ1) is 16.4. The number of hydrogen-bond donors (Lipinski definition) is 6. The van der Waals surface area contributed by atoms with Crippen LogP contribution in [0.1, 0.15) is 31.0 Å². The molecule has 3 rings (SSSR count). The number of rotatable bonds is 8. The Kier molecular flexibility index (Phi) is 7.89. The molecule has 1 atom stereocenters. The van der Waals surface area contributed by atoms with Crippen molar-refractivity contribution in [2.24, 2.45) is 5.73 Å². The van der Waals surface area contributed by atoms with Crippen molar-refractivity contribution in [3.63, 3.8) is 0 Å². The van der Waals surface area contributed by atoms with Gasteiger partial charge in [0.2, 0.25) is 5.91 Å². The van der Waals surface area contributed by atoms with E-state index in [0.29, 0.717) is 10.8 Å². The molecule has 184 valence electrons. The minimum atomic E-state index is -1.28. The van der Waals surface area contributed by atoms with Gasteiger partial charge in [-0.1, -0.05) is 53.6 Å². The highest BCUT2D eigenvalue weighted by Gasteiger charge is 2.35. The molecule has 7 N–H and O–H groups in total. The Hall–Kier alpha value is -3.34. The molecule has 0 aliphatic rings. The number of nitrogens with zero attached hydrogens (tertiary/aromatic N) is 1. The lowest BCUT2D eigenvalue weighted by Gasteiger charge is -2.29. The molecule has 1 unspecified atom stereocenters. The zero-order valence-corrected chi connectivity index (χ0v) is 21.1. The summed E-state index contributed by atoms with van der Waals surface area (Å²) >= 11 is 13.4. The number of benzene rings is 2. The summed E-state index contributed by atoms with van der Waals surface area (Å²) in [6, 6.07) is 9.84. The number of thiazole rings is 1. The largest absolute Gasteiger partial charge is 0.506 e. The number of guanidine groups is 1. The molecule has 0 spiro atoms. The fourth-order valence-corrected chi connectivity index (χ4v) is 5.21. The number of carbonyl (C=O) groups excluding carboxylic acids is 1. The number of amides is 1. The van der Waals surface area contributed by atoms with Crippen LogP contribution in [0.3, 0.4) is 0 Å². The molecule has 1 heterocycles. The number of aromatic hydroxyl groups is 1. The quantitative estimate of drug-likeness (QED) is 0.170. The first-order valence-corrected chi connectivity index (χ1v) is 11.8. The number of phenolic OH excluding ortho intramolecular Hbond substituents is 1. The van der Waals surface area contributed by atoms with Crippen molar-refractivity contribution in [1.29, 1.82) is 5.41 Å². The number of anilines is 2. The molecule has 9 nitrogen and oxygen atoms in total. The van der Waals surface area contributed by atoms with Gasteiger partial charge < -0.3 is 26.6 Å². The Bertz CT molecular complexity index is 1310. The number of nitrogens with two attached hydrogens (primary N) is 1. The number of carboxylic acids is 1. The van der Waals surface area contributed by atoms with Gasteiger partial charge in [-0.2, -0.15) is 0 Å². The number of aliphatic carboxylic acids is 1. The van der Waals surface area contributed by atoms with Gasteiger partial charge >= 0.3 is 5.97 Å². The van der Waals surface area contributed by atoms with Crippen LogP contribution in [0.4, 0.5) is 10.8 Å². The van der Waals surface area contributed by atoms with Crippen LogP contribution in [-0.4, -0.2) is 33.0 Å². The Morgan fingerprint density at radius 2 is 1.91 bits per heavy atom. The van der Waals surface area contributed by atoms with Crippen LogP contribution in [0.2, 0.25) is 10.0 Å². The number of halogens is 2. The monoisotopic (exact) mass is 535 g/mol. The topological polar surface area (TPSA) is 161 Å². The van der Waals surface area contributed by atoms with E-state index in [2.05, 4.69) is 15.6 Å². The Labute approximate surface area is 215 Å². The second kappa shape index (κ2) is 10.5. The molecular formula is C23H23Cl2N5O4S. The van der Waals surface area contributed by atoms with E-state index in [-0.39, 0.29) is 33.7 Å². The fraction of sp³-hybridized carbons (Fsp3) is 0.217. The van der Waals surface area contributed by atoms with Crippen molar-refractivity contribution in [3.05, 3.63) is 57.7 Å². The number of aryl methyl sites for hydroxylation is 1. The summed E-state index contributed by atoms with van der Waals surface area (Å²) in [5.74, 6) is -2.14. The second-order valence-corrected chi connectivity index (χ2v) is 10.0. The summed E-state index contributed by atoms with van der Waals surface area (Å²) in [4.78, 5) is 29.8. The molecule has 0 radical (unpaired) electrons. The minimum Gasteiger partial charge on any atom is -0.506 e. The average molecular weight is 536 g/mol. The van der Waals surface area contributed by atoms with E-state index in [1.807, 2.05) is 13.0 Å². The highest BCUT2D eigenvalue weighted by atomic mass is 35.5. The number of phenols is 1. The number of nitrogens with one attached hydrogen (secondary N) is 3. The maximum atomic E-state index is 13.0. The molecule has 0 saturated heterocycles. The van der Waals surface area contributed by atoms with E-state index >= 15 is 0 Å². The summed E-state index contributed by atoms with van der Waals surface area (Å²) < 4.78 is 0. The lowest BCUT2D eigenvalue weighted by Crippen LogP contribution is -2.31. The predicted octanol–water partition coefficient (Wildman–Crippen LogP) is 5.20. The van der Waals surface area contributed by atoms with Gasteiger partial charge in [0.05, 0.1) is 22.0 Å². The third kappa shape index (κ3) is 6.41. The highest BCUT2D eigenvalue weighted by molar-refractivity contribution is 7.19. The van der Waals surface area contributed by atoms with E-state index in [1.165, 1.54) is 23.5 Å². The third-order valence-corrected chi connectivity index (χ3v) is 6.85. The van der Waals surface area contributed by atoms with Gasteiger partial charge in [-0.3, -0.25) is 15.0 Å². The van der Waals surface area contributed by atoms with Crippen LogP contribution < -0.4 is 16.4 Å². The van der Waals surface area contributed by atoms with Crippen molar-refractivity contribution < 1.29 is 19.8 Å². The molecule has 2 aromatic carbocycles. The lowest BCUT2D eigenvalue weighted by atomic mass is 9.76. The fourth-order valence-electron chi connectivity index (χ4n) is 3.74. The van der Waals surface area contributed by atoms with Gasteiger partial charge in [-0.25, -0.2) is 4.98 Å². The van der Waals surface area contributed by atoms with Crippen LogP contribution in [0, 0.1) is 12.3 Å². The van der Waals surface area contributed by atoms with Crippen LogP contribution >= 0.6 is 34.5 Å². The summed E-state index contributed by atoms with van der Waals surface area (Å²) in [6.45, 7) is 3.38. The Morgan fingerprint density at radius 1 is 1.20 bits per heavy atom. The molecule has 0 aliphatic heterocycles. The van der Waals surface area contributed by atoms with Gasteiger partial charge in [0.1, 0.15) is 5.75 Å². The van der Waals surface area contributed by atoms with Gasteiger partial charge in [0.15, 0.2) is 11.1 Å². The highest BCUT2D eigenvalue weighted by Crippen LogP contribution is 2.42. The molecule has 0 aliphatic carbocycles. The third-order valence-electron chi connectivity index (χ3n) is 5.22.